The van der Waals surface area contributed by atoms with E-state index in [9.17, 15) is 13.2 Å². The second-order valence-corrected chi connectivity index (χ2v) is 9.73. The van der Waals surface area contributed by atoms with Crippen LogP contribution >= 0.6 is 0 Å². The maximum atomic E-state index is 11.8. The van der Waals surface area contributed by atoms with Gasteiger partial charge in [0.15, 0.2) is 9.84 Å². The van der Waals surface area contributed by atoms with E-state index in [1.807, 2.05) is 30.3 Å². The van der Waals surface area contributed by atoms with Crippen molar-refractivity contribution in [1.29, 1.82) is 0 Å². The lowest BCUT2D eigenvalue weighted by molar-refractivity contribution is 0.248. The fourth-order valence-corrected chi connectivity index (χ4v) is 4.37. The molecule has 1 aromatic heterocycles. The predicted octanol–water partition coefficient (Wildman–Crippen LogP) is 4.24. The van der Waals surface area contributed by atoms with E-state index in [1.54, 1.807) is 12.1 Å². The van der Waals surface area contributed by atoms with Gasteiger partial charge in [0, 0.05) is 24.2 Å². The number of sulfone groups is 1. The van der Waals surface area contributed by atoms with Crippen LogP contribution in [0.25, 0.3) is 16.9 Å². The zero-order valence-electron chi connectivity index (χ0n) is 18.0. The molecule has 0 saturated heterocycles. The van der Waals surface area contributed by atoms with Crippen molar-refractivity contribution in [2.24, 2.45) is 5.73 Å². The Bertz CT molecular complexity index is 1130. The molecular weight excluding hydrogens is 410 g/mol. The molecule has 0 aliphatic heterocycles. The smallest absolute Gasteiger partial charge is 0.312 e. The van der Waals surface area contributed by atoms with Crippen molar-refractivity contribution in [3.63, 3.8) is 0 Å². The van der Waals surface area contributed by atoms with Crippen molar-refractivity contribution in [3.05, 3.63) is 71.9 Å². The first kappa shape index (κ1) is 22.6. The molecule has 0 radical (unpaired) electrons. The van der Waals surface area contributed by atoms with Crippen molar-refractivity contribution >= 4 is 15.9 Å². The first-order valence-electron chi connectivity index (χ1n) is 10.4. The highest BCUT2D eigenvalue weighted by Gasteiger charge is 2.16. The second kappa shape index (κ2) is 9.83. The summed E-state index contributed by atoms with van der Waals surface area (Å²) in [6, 6.07) is 18.9. The van der Waals surface area contributed by atoms with Crippen molar-refractivity contribution in [3.8, 4) is 16.9 Å². The van der Waals surface area contributed by atoms with E-state index in [-0.39, 0.29) is 0 Å². The highest BCUT2D eigenvalue weighted by molar-refractivity contribution is 7.90. The van der Waals surface area contributed by atoms with Gasteiger partial charge in [-0.1, -0.05) is 36.8 Å². The molecule has 0 aliphatic carbocycles. The Balaban J connectivity index is 1.87. The number of aromatic nitrogens is 1. The molecule has 0 bridgehead atoms. The van der Waals surface area contributed by atoms with Gasteiger partial charge < -0.3 is 15.6 Å². The molecule has 2 aromatic carbocycles. The Morgan fingerprint density at radius 1 is 1.00 bits per heavy atom. The minimum atomic E-state index is -3.23. The third kappa shape index (κ3) is 5.76. The predicted molar refractivity (Wildman–Crippen MR) is 124 cm³/mol. The molecule has 7 heteroatoms. The van der Waals surface area contributed by atoms with Gasteiger partial charge in [0.2, 0.25) is 0 Å². The van der Waals surface area contributed by atoms with Crippen LogP contribution in [0.1, 0.15) is 30.5 Å². The molecule has 31 heavy (non-hydrogen) atoms. The molecular formula is C24H29N3O3S. The largest absolute Gasteiger partial charge is 0.352 e. The molecule has 164 valence electrons. The van der Waals surface area contributed by atoms with Crippen LogP contribution in [0.4, 0.5) is 4.79 Å². The van der Waals surface area contributed by atoms with Crippen molar-refractivity contribution < 1.29 is 13.2 Å². The van der Waals surface area contributed by atoms with Crippen LogP contribution in [0.3, 0.4) is 0 Å². The number of carbonyl (C=O) groups is 1. The maximum Gasteiger partial charge on any atom is 0.312 e. The summed E-state index contributed by atoms with van der Waals surface area (Å²) >= 11 is 0. The van der Waals surface area contributed by atoms with E-state index >= 15 is 0 Å². The number of nitrogens with one attached hydrogen (secondary N) is 1. The van der Waals surface area contributed by atoms with Crippen LogP contribution in [0.2, 0.25) is 0 Å². The molecule has 6 nitrogen and oxygen atoms in total. The number of rotatable bonds is 9. The van der Waals surface area contributed by atoms with E-state index in [0.717, 1.165) is 42.6 Å². The monoisotopic (exact) mass is 439 g/mol. The number of nitrogens with zero attached hydrogens (tertiary/aromatic N) is 1. The number of hydrogen-bond acceptors (Lipinski definition) is 3. The molecule has 3 rings (SSSR count). The molecule has 3 N–H and O–H groups in total. The van der Waals surface area contributed by atoms with Gasteiger partial charge in [0.25, 0.3) is 0 Å². The zero-order chi connectivity index (χ0) is 22.4. The number of carbonyl (C=O) groups excluding carboxylic acids is 1. The van der Waals surface area contributed by atoms with Crippen LogP contribution in [0.15, 0.2) is 65.6 Å². The lowest BCUT2D eigenvalue weighted by Gasteiger charge is -2.13. The van der Waals surface area contributed by atoms with Crippen LogP contribution in [-0.2, 0) is 16.3 Å². The highest BCUT2D eigenvalue weighted by Crippen LogP contribution is 2.31. The summed E-state index contributed by atoms with van der Waals surface area (Å²) in [5, 5.41) is 2.62. The van der Waals surface area contributed by atoms with Crippen LogP contribution in [-0.4, -0.2) is 31.8 Å². The Morgan fingerprint density at radius 3 is 2.29 bits per heavy atom. The number of unbranched alkanes of at least 4 members (excludes halogenated alkanes) is 2. The minimum Gasteiger partial charge on any atom is -0.352 e. The standard InChI is InChI=1S/C24H29N3O3S/c1-18-20(9-5-4-8-16-26-24(25)28)17-23(27(18)21-10-6-3-7-11-21)19-12-14-22(15-13-19)31(2,29)30/h3,6-7,10-15,17H,4-5,8-9,16H2,1-2H3,(H3,25,26,28). The van der Waals surface area contributed by atoms with Gasteiger partial charge in [-0.3, -0.25) is 0 Å². The number of urea groups is 1. The van der Waals surface area contributed by atoms with Gasteiger partial charge in [-0.25, -0.2) is 13.2 Å². The molecule has 0 spiro atoms. The summed E-state index contributed by atoms with van der Waals surface area (Å²) in [7, 11) is -3.23. The lowest BCUT2D eigenvalue weighted by Crippen LogP contribution is -2.29. The Morgan fingerprint density at radius 2 is 1.68 bits per heavy atom. The van der Waals surface area contributed by atoms with Gasteiger partial charge in [-0.05, 0) is 67.6 Å². The summed E-state index contributed by atoms with van der Waals surface area (Å²) in [5.41, 5.74) is 10.6. The molecule has 0 unspecified atom stereocenters. The Hall–Kier alpha value is -3.06. The molecule has 0 atom stereocenters. The van der Waals surface area contributed by atoms with E-state index in [4.69, 9.17) is 5.73 Å². The zero-order valence-corrected chi connectivity index (χ0v) is 18.8. The number of hydrogen-bond donors (Lipinski definition) is 2. The number of para-hydroxylation sites is 1. The fourth-order valence-electron chi connectivity index (χ4n) is 3.74. The number of aryl methyl sites for hydroxylation is 1. The Kier molecular flexibility index (Phi) is 7.17. The minimum absolute atomic E-state index is 0.315. The van der Waals surface area contributed by atoms with E-state index in [1.165, 1.54) is 17.5 Å². The lowest BCUT2D eigenvalue weighted by atomic mass is 10.1. The summed E-state index contributed by atoms with van der Waals surface area (Å²) in [6.45, 7) is 2.71. The average Bonchev–Trinajstić information content (AvgIpc) is 3.06. The molecule has 0 saturated carbocycles. The van der Waals surface area contributed by atoms with Gasteiger partial charge in [0.1, 0.15) is 0 Å². The number of benzene rings is 2. The molecule has 2 amide bonds. The van der Waals surface area contributed by atoms with Gasteiger partial charge in [-0.15, -0.1) is 0 Å². The Labute approximate surface area is 184 Å². The molecule has 1 heterocycles. The fraction of sp³-hybridized carbons (Fsp3) is 0.292. The van der Waals surface area contributed by atoms with Gasteiger partial charge in [0.05, 0.1) is 10.6 Å². The van der Waals surface area contributed by atoms with E-state index < -0.39 is 15.9 Å². The summed E-state index contributed by atoms with van der Waals surface area (Å²) in [4.78, 5) is 11.1. The van der Waals surface area contributed by atoms with Crippen molar-refractivity contribution in [1.82, 2.24) is 9.88 Å². The van der Waals surface area contributed by atoms with Gasteiger partial charge in [-0.2, -0.15) is 0 Å². The summed E-state index contributed by atoms with van der Waals surface area (Å²) < 4.78 is 25.9. The third-order valence-corrected chi connectivity index (χ3v) is 6.50. The second-order valence-electron chi connectivity index (χ2n) is 7.71. The highest BCUT2D eigenvalue weighted by atomic mass is 32.2. The van der Waals surface area contributed by atoms with E-state index in [2.05, 4.69) is 35.0 Å². The summed E-state index contributed by atoms with van der Waals surface area (Å²) in [5.74, 6) is 0. The summed E-state index contributed by atoms with van der Waals surface area (Å²) in [6.07, 6.45) is 5.04. The van der Waals surface area contributed by atoms with Crippen molar-refractivity contribution in [2.45, 2.75) is 37.5 Å². The number of nitrogens with two attached hydrogens (primary N) is 1. The van der Waals surface area contributed by atoms with Crippen molar-refractivity contribution in [2.75, 3.05) is 12.8 Å². The third-order valence-electron chi connectivity index (χ3n) is 5.37. The molecule has 3 aromatic rings. The average molecular weight is 440 g/mol. The topological polar surface area (TPSA) is 94.2 Å². The number of amides is 2. The van der Waals surface area contributed by atoms with Crippen LogP contribution < -0.4 is 11.1 Å². The normalized spacial score (nSPS) is 11.4. The van der Waals surface area contributed by atoms with Crippen LogP contribution in [0.5, 0.6) is 0 Å². The molecule has 0 fully saturated rings. The molecule has 0 aliphatic rings. The van der Waals surface area contributed by atoms with Crippen LogP contribution in [0, 0.1) is 6.92 Å². The van der Waals surface area contributed by atoms with E-state index in [0.29, 0.717) is 11.4 Å². The first-order valence-corrected chi connectivity index (χ1v) is 12.3. The number of primary amides is 1. The van der Waals surface area contributed by atoms with Gasteiger partial charge >= 0.3 is 6.03 Å². The first-order chi connectivity index (χ1) is 14.8. The quantitative estimate of drug-likeness (QED) is 0.488. The SMILES string of the molecule is Cc1c(CCCCCNC(N)=O)cc(-c2ccc(S(C)(=O)=O)cc2)n1-c1ccccc1. The maximum absolute atomic E-state index is 11.8.